The van der Waals surface area contributed by atoms with Crippen molar-refractivity contribution in [3.05, 3.63) is 48.0 Å². The predicted molar refractivity (Wildman–Crippen MR) is 163 cm³/mol. The molecule has 1 aliphatic rings. The Hall–Kier alpha value is -2.68. The van der Waals surface area contributed by atoms with Gasteiger partial charge >= 0.3 is 0 Å². The molecule has 0 aromatic heterocycles. The summed E-state index contributed by atoms with van der Waals surface area (Å²) < 4.78 is 5.37. The van der Waals surface area contributed by atoms with Crippen LogP contribution in [-0.2, 0) is 25.5 Å². The summed E-state index contributed by atoms with van der Waals surface area (Å²) in [6.07, 6.45) is 3.57. The monoisotopic (exact) mass is 574 g/mol. The summed E-state index contributed by atoms with van der Waals surface area (Å²) in [5.74, 6) is -0.0812. The molecule has 0 spiro atoms. The lowest BCUT2D eigenvalue weighted by Crippen LogP contribution is -2.56. The fraction of sp³-hybridized carbons (Fsp3) is 0.581. The van der Waals surface area contributed by atoms with Crippen LogP contribution in [0.1, 0.15) is 58.9 Å². The molecule has 0 aliphatic carbocycles. The third-order valence-electron chi connectivity index (χ3n) is 7.46. The van der Waals surface area contributed by atoms with Crippen molar-refractivity contribution < 1.29 is 19.1 Å². The second-order valence-electron chi connectivity index (χ2n) is 11.4. The average Bonchev–Trinajstić information content (AvgIpc) is 3.41. The van der Waals surface area contributed by atoms with Gasteiger partial charge in [-0.15, -0.1) is 12.4 Å². The summed E-state index contributed by atoms with van der Waals surface area (Å²) in [6, 6.07) is 12.8. The number of benzene rings is 2. The molecular weight excluding hydrogens is 528 g/mol. The zero-order chi connectivity index (χ0) is 28.4. The number of rotatable bonds is 14. The minimum atomic E-state index is -1.02. The van der Waals surface area contributed by atoms with Crippen LogP contribution in [0.4, 0.5) is 0 Å². The number of fused-ring (bicyclic) bond motifs is 1. The highest BCUT2D eigenvalue weighted by molar-refractivity contribution is 5.94. The summed E-state index contributed by atoms with van der Waals surface area (Å²) in [4.78, 5) is 41.4. The Balaban J connectivity index is 0.00000560. The van der Waals surface area contributed by atoms with Gasteiger partial charge in [0.2, 0.25) is 11.8 Å². The van der Waals surface area contributed by atoms with E-state index >= 15 is 0 Å². The zero-order valence-corrected chi connectivity index (χ0v) is 25.4. The Kier molecular flexibility index (Phi) is 13.4. The van der Waals surface area contributed by atoms with Crippen molar-refractivity contribution in [1.82, 2.24) is 20.9 Å². The van der Waals surface area contributed by atoms with Crippen LogP contribution in [0.5, 0.6) is 0 Å². The van der Waals surface area contributed by atoms with Gasteiger partial charge in [0, 0.05) is 26.6 Å². The Morgan fingerprint density at radius 2 is 1.77 bits per heavy atom. The van der Waals surface area contributed by atoms with E-state index in [1.165, 1.54) is 7.11 Å². The van der Waals surface area contributed by atoms with Crippen LogP contribution in [0.25, 0.3) is 10.8 Å². The molecule has 1 fully saturated rings. The number of nitrogens with zero attached hydrogens (tertiary/aromatic N) is 1. The van der Waals surface area contributed by atoms with Gasteiger partial charge < -0.3 is 25.6 Å². The number of carbonyl (C=O) groups is 3. The minimum absolute atomic E-state index is 0. The summed E-state index contributed by atoms with van der Waals surface area (Å²) in [6.45, 7) is 10.6. The molecule has 9 heteroatoms. The Labute approximate surface area is 245 Å². The summed E-state index contributed by atoms with van der Waals surface area (Å²) in [7, 11) is 1.49. The number of carbonyl (C=O) groups excluding carboxylic acids is 3. The normalized spacial score (nSPS) is 16.1. The first-order valence-electron chi connectivity index (χ1n) is 14.2. The molecule has 0 radical (unpaired) electrons. The van der Waals surface area contributed by atoms with Gasteiger partial charge in [-0.25, -0.2) is 0 Å². The van der Waals surface area contributed by atoms with E-state index in [1.54, 1.807) is 18.7 Å². The first kappa shape index (κ1) is 33.5. The van der Waals surface area contributed by atoms with Gasteiger partial charge in [0.25, 0.3) is 5.91 Å². The van der Waals surface area contributed by atoms with Gasteiger partial charge in [0.05, 0.1) is 0 Å². The number of hydrogen-bond acceptors (Lipinski definition) is 5. The molecule has 0 saturated carbocycles. The molecule has 3 rings (SSSR count). The van der Waals surface area contributed by atoms with Crippen molar-refractivity contribution >= 4 is 40.9 Å². The number of amides is 3. The van der Waals surface area contributed by atoms with Crippen molar-refractivity contribution in [3.8, 4) is 0 Å². The van der Waals surface area contributed by atoms with E-state index in [-0.39, 0.29) is 30.1 Å². The van der Waals surface area contributed by atoms with Crippen molar-refractivity contribution in [2.75, 3.05) is 33.3 Å². The van der Waals surface area contributed by atoms with E-state index in [0.29, 0.717) is 31.8 Å². The van der Waals surface area contributed by atoms with Crippen LogP contribution in [0.15, 0.2) is 42.5 Å². The van der Waals surface area contributed by atoms with E-state index in [9.17, 15) is 14.4 Å². The highest BCUT2D eigenvalue weighted by Gasteiger charge is 2.41. The van der Waals surface area contributed by atoms with Gasteiger partial charge in [-0.05, 0) is 74.9 Å². The molecule has 2 aromatic rings. The average molecular weight is 575 g/mol. The summed E-state index contributed by atoms with van der Waals surface area (Å²) in [5.41, 5.74) is -0.0575. The fourth-order valence-electron chi connectivity index (χ4n) is 4.86. The lowest BCUT2D eigenvalue weighted by atomic mass is 10.0. The number of halogens is 1. The number of ether oxygens (including phenoxy) is 1. The van der Waals surface area contributed by atoms with Crippen LogP contribution in [0, 0.1) is 5.92 Å². The van der Waals surface area contributed by atoms with Crippen molar-refractivity contribution in [2.45, 2.75) is 77.5 Å². The maximum Gasteiger partial charge on any atom is 0.254 e. The van der Waals surface area contributed by atoms with Crippen LogP contribution in [0.3, 0.4) is 0 Å². The van der Waals surface area contributed by atoms with Crippen LogP contribution >= 0.6 is 12.4 Å². The molecule has 222 valence electrons. The van der Waals surface area contributed by atoms with Gasteiger partial charge in [0.1, 0.15) is 17.7 Å². The maximum absolute atomic E-state index is 13.5. The lowest BCUT2D eigenvalue weighted by molar-refractivity contribution is -0.154. The second-order valence-corrected chi connectivity index (χ2v) is 11.4. The quantitative estimate of drug-likeness (QED) is 0.298. The first-order chi connectivity index (χ1) is 18.6. The number of likely N-dealkylation sites (tertiary alicyclic amines) is 1. The van der Waals surface area contributed by atoms with Gasteiger partial charge in [-0.3, -0.25) is 14.4 Å². The van der Waals surface area contributed by atoms with E-state index in [2.05, 4.69) is 35.9 Å². The van der Waals surface area contributed by atoms with Crippen LogP contribution < -0.4 is 16.0 Å². The Morgan fingerprint density at radius 3 is 2.48 bits per heavy atom. The van der Waals surface area contributed by atoms with E-state index < -0.39 is 17.7 Å². The molecule has 2 aromatic carbocycles. The fourth-order valence-corrected chi connectivity index (χ4v) is 4.86. The maximum atomic E-state index is 13.5. The van der Waals surface area contributed by atoms with Gasteiger partial charge in [0.15, 0.2) is 0 Å². The van der Waals surface area contributed by atoms with Crippen molar-refractivity contribution in [3.63, 3.8) is 0 Å². The molecular formula is C31H47ClN4O4. The Morgan fingerprint density at radius 1 is 1.05 bits per heavy atom. The van der Waals surface area contributed by atoms with E-state index in [0.717, 1.165) is 48.7 Å². The van der Waals surface area contributed by atoms with E-state index in [1.807, 2.05) is 36.4 Å². The SMILES string of the molecule is COC(C)(C)C(=O)N1CCCC1C(=O)N[C@H](Cc1ccc2ccccc2c1)C(=O)NCCCNCCC(C)C.Cl. The van der Waals surface area contributed by atoms with Gasteiger partial charge in [-0.1, -0.05) is 56.3 Å². The molecule has 1 heterocycles. The number of methoxy groups -OCH3 is 1. The highest BCUT2D eigenvalue weighted by atomic mass is 35.5. The number of nitrogens with one attached hydrogen (secondary N) is 3. The third-order valence-corrected chi connectivity index (χ3v) is 7.46. The second kappa shape index (κ2) is 15.9. The highest BCUT2D eigenvalue weighted by Crippen LogP contribution is 2.23. The lowest BCUT2D eigenvalue weighted by Gasteiger charge is -2.32. The smallest absolute Gasteiger partial charge is 0.254 e. The number of hydrogen-bond donors (Lipinski definition) is 3. The summed E-state index contributed by atoms with van der Waals surface area (Å²) in [5, 5.41) is 11.6. The van der Waals surface area contributed by atoms with Crippen molar-refractivity contribution in [2.24, 2.45) is 5.92 Å². The third kappa shape index (κ3) is 9.46. The molecule has 3 N–H and O–H groups in total. The predicted octanol–water partition coefficient (Wildman–Crippen LogP) is 3.85. The minimum Gasteiger partial charge on any atom is -0.369 e. The first-order valence-corrected chi connectivity index (χ1v) is 14.2. The van der Waals surface area contributed by atoms with Crippen LogP contribution in [0.2, 0.25) is 0 Å². The molecule has 40 heavy (non-hydrogen) atoms. The van der Waals surface area contributed by atoms with Gasteiger partial charge in [-0.2, -0.15) is 0 Å². The Bertz CT molecular complexity index is 1120. The molecule has 3 amide bonds. The summed E-state index contributed by atoms with van der Waals surface area (Å²) >= 11 is 0. The van der Waals surface area contributed by atoms with Crippen molar-refractivity contribution in [1.29, 1.82) is 0 Å². The largest absolute Gasteiger partial charge is 0.369 e. The molecule has 1 unspecified atom stereocenters. The topological polar surface area (TPSA) is 99.8 Å². The molecule has 0 bridgehead atoms. The molecule has 1 aliphatic heterocycles. The standard InChI is InChI=1S/C31H46N4O4.ClH/c1-22(2)15-18-32-16-9-17-33-28(36)26(21-23-13-14-24-10-6-7-11-25(24)20-23)34-29(37)27-12-8-19-35(27)30(38)31(3,4)39-5;/h6-7,10-11,13-14,20,22,26-27,32H,8-9,12,15-19,21H2,1-5H3,(H,33,36)(H,34,37);1H/t26-,27?;/m1./s1. The molecule has 1 saturated heterocycles. The zero-order valence-electron chi connectivity index (χ0n) is 24.6. The van der Waals surface area contributed by atoms with Crippen LogP contribution in [-0.4, -0.2) is 73.6 Å². The molecule has 8 nitrogen and oxygen atoms in total. The van der Waals surface area contributed by atoms with E-state index in [4.69, 9.17) is 4.74 Å². The molecule has 2 atom stereocenters.